The van der Waals surface area contributed by atoms with Crippen LogP contribution < -0.4 is 4.74 Å². The van der Waals surface area contributed by atoms with Gasteiger partial charge in [-0.25, -0.2) is 0 Å². The van der Waals surface area contributed by atoms with E-state index in [4.69, 9.17) is 13.7 Å². The van der Waals surface area contributed by atoms with E-state index in [-0.39, 0.29) is 18.1 Å². The number of ether oxygens (including phenoxy) is 2. The molecular formula is C24H34O5S. The summed E-state index contributed by atoms with van der Waals surface area (Å²) in [7, 11) is -3.77. The third-order valence-electron chi connectivity index (χ3n) is 4.85. The first kappa shape index (κ1) is 24.4. The maximum atomic E-state index is 12.1. The molecule has 0 heterocycles. The van der Waals surface area contributed by atoms with Crippen molar-refractivity contribution in [2.24, 2.45) is 11.8 Å². The molecule has 2 aromatic rings. The third-order valence-corrected chi connectivity index (χ3v) is 6.17. The van der Waals surface area contributed by atoms with Gasteiger partial charge in [-0.1, -0.05) is 58.0 Å². The van der Waals surface area contributed by atoms with Crippen LogP contribution in [0, 0.1) is 11.8 Å². The Bertz CT molecular complexity index is 845. The Morgan fingerprint density at radius 3 is 2.03 bits per heavy atom. The Labute approximate surface area is 181 Å². The normalized spacial score (nSPS) is 14.1. The molecule has 0 saturated heterocycles. The van der Waals surface area contributed by atoms with Gasteiger partial charge in [-0.15, -0.1) is 0 Å². The van der Waals surface area contributed by atoms with Crippen molar-refractivity contribution >= 4 is 10.1 Å². The van der Waals surface area contributed by atoms with E-state index in [1.807, 2.05) is 12.1 Å². The first-order valence-electron chi connectivity index (χ1n) is 10.5. The topological polar surface area (TPSA) is 61.8 Å². The Balaban J connectivity index is 1.80. The highest BCUT2D eigenvalue weighted by molar-refractivity contribution is 7.86. The van der Waals surface area contributed by atoms with E-state index in [0.29, 0.717) is 17.8 Å². The summed E-state index contributed by atoms with van der Waals surface area (Å²) in [4.78, 5) is 0.131. The van der Waals surface area contributed by atoms with Gasteiger partial charge in [-0.3, -0.25) is 4.18 Å². The van der Waals surface area contributed by atoms with Gasteiger partial charge in [-0.05, 0) is 60.9 Å². The second-order valence-corrected chi connectivity index (χ2v) is 9.81. The molecule has 0 bridgehead atoms. The van der Waals surface area contributed by atoms with Crippen molar-refractivity contribution < 1.29 is 22.1 Å². The fourth-order valence-electron chi connectivity index (χ4n) is 3.33. The summed E-state index contributed by atoms with van der Waals surface area (Å²) in [5, 5.41) is 0. The maximum Gasteiger partial charge on any atom is 0.297 e. The molecule has 2 aromatic carbocycles. The molecule has 0 aliphatic carbocycles. The molecule has 2 unspecified atom stereocenters. The van der Waals surface area contributed by atoms with Gasteiger partial charge in [0.1, 0.15) is 5.75 Å². The lowest BCUT2D eigenvalue weighted by molar-refractivity contribution is -0.0735. The van der Waals surface area contributed by atoms with Crippen molar-refractivity contribution in [1.29, 1.82) is 0 Å². The van der Waals surface area contributed by atoms with Gasteiger partial charge >= 0.3 is 0 Å². The summed E-state index contributed by atoms with van der Waals surface area (Å²) < 4.78 is 40.4. The number of rotatable bonds is 12. The molecule has 2 atom stereocenters. The van der Waals surface area contributed by atoms with E-state index in [9.17, 15) is 8.42 Å². The monoisotopic (exact) mass is 434 g/mol. The average Bonchev–Trinajstić information content (AvgIpc) is 2.70. The molecule has 0 spiro atoms. The van der Waals surface area contributed by atoms with Gasteiger partial charge in [0.15, 0.2) is 6.29 Å². The van der Waals surface area contributed by atoms with Crippen molar-refractivity contribution in [3.8, 4) is 5.75 Å². The highest BCUT2D eigenvalue weighted by Gasteiger charge is 2.18. The Kier molecular flexibility index (Phi) is 9.34. The molecule has 0 radical (unpaired) electrons. The van der Waals surface area contributed by atoms with Gasteiger partial charge < -0.3 is 9.47 Å². The lowest BCUT2D eigenvalue weighted by Gasteiger charge is -2.24. The molecule has 0 aliphatic rings. The van der Waals surface area contributed by atoms with Crippen LogP contribution in [0.4, 0.5) is 0 Å². The van der Waals surface area contributed by atoms with E-state index < -0.39 is 16.4 Å². The molecule has 0 aliphatic heterocycles. The second kappa shape index (κ2) is 11.5. The summed E-state index contributed by atoms with van der Waals surface area (Å²) in [5.74, 6) is 2.47. The van der Waals surface area contributed by atoms with Gasteiger partial charge in [0.2, 0.25) is 0 Å². The SMILES string of the molecule is CC(C)CC(c1ccc(OC(C)OCCOS(=O)(=O)c2ccccc2)cc1)C(C)C. The first-order chi connectivity index (χ1) is 14.2. The van der Waals surface area contributed by atoms with Crippen LogP contribution in [0.3, 0.4) is 0 Å². The largest absolute Gasteiger partial charge is 0.465 e. The highest BCUT2D eigenvalue weighted by atomic mass is 32.2. The van der Waals surface area contributed by atoms with Gasteiger partial charge in [-0.2, -0.15) is 8.42 Å². The van der Waals surface area contributed by atoms with E-state index in [0.717, 1.165) is 12.2 Å². The summed E-state index contributed by atoms with van der Waals surface area (Å²) in [6.07, 6.45) is 0.638. The summed E-state index contributed by atoms with van der Waals surface area (Å²) in [6, 6.07) is 16.2. The lowest BCUT2D eigenvalue weighted by atomic mass is 9.82. The zero-order chi connectivity index (χ0) is 22.1. The van der Waals surface area contributed by atoms with E-state index in [2.05, 4.69) is 39.8 Å². The second-order valence-electron chi connectivity index (χ2n) is 8.19. The molecule has 0 fully saturated rings. The van der Waals surface area contributed by atoms with Crippen LogP contribution in [0.1, 0.15) is 52.5 Å². The molecule has 5 nitrogen and oxygen atoms in total. The molecule has 2 rings (SSSR count). The smallest absolute Gasteiger partial charge is 0.297 e. The molecule has 0 aromatic heterocycles. The van der Waals surface area contributed by atoms with Crippen molar-refractivity contribution in [2.75, 3.05) is 13.2 Å². The highest BCUT2D eigenvalue weighted by Crippen LogP contribution is 2.32. The van der Waals surface area contributed by atoms with Gasteiger partial charge in [0.05, 0.1) is 18.1 Å². The summed E-state index contributed by atoms with van der Waals surface area (Å²) >= 11 is 0. The minimum atomic E-state index is -3.77. The molecule has 166 valence electrons. The summed E-state index contributed by atoms with van der Waals surface area (Å²) in [6.45, 7) is 10.8. The number of benzene rings is 2. The fourth-order valence-corrected chi connectivity index (χ4v) is 4.25. The van der Waals surface area contributed by atoms with Crippen LogP contribution in [0.15, 0.2) is 59.5 Å². The van der Waals surface area contributed by atoms with E-state index in [1.165, 1.54) is 17.7 Å². The Morgan fingerprint density at radius 1 is 0.833 bits per heavy atom. The van der Waals surface area contributed by atoms with Crippen molar-refractivity contribution in [3.05, 3.63) is 60.2 Å². The summed E-state index contributed by atoms with van der Waals surface area (Å²) in [5.41, 5.74) is 1.32. The number of hydrogen-bond donors (Lipinski definition) is 0. The third kappa shape index (κ3) is 7.74. The van der Waals surface area contributed by atoms with E-state index in [1.54, 1.807) is 25.1 Å². The van der Waals surface area contributed by atoms with Crippen LogP contribution in [-0.4, -0.2) is 27.9 Å². The zero-order valence-electron chi connectivity index (χ0n) is 18.6. The van der Waals surface area contributed by atoms with Crippen molar-refractivity contribution in [2.45, 2.75) is 58.1 Å². The molecule has 0 N–H and O–H groups in total. The van der Waals surface area contributed by atoms with Crippen LogP contribution in [0.5, 0.6) is 5.75 Å². The van der Waals surface area contributed by atoms with Crippen molar-refractivity contribution in [3.63, 3.8) is 0 Å². The quantitative estimate of drug-likeness (QED) is 0.246. The van der Waals surface area contributed by atoms with Crippen LogP contribution in [0.2, 0.25) is 0 Å². The predicted octanol–water partition coefficient (Wildman–Crippen LogP) is 5.62. The number of hydrogen-bond acceptors (Lipinski definition) is 5. The predicted molar refractivity (Wildman–Crippen MR) is 119 cm³/mol. The molecule has 0 saturated carbocycles. The molecule has 6 heteroatoms. The van der Waals surface area contributed by atoms with E-state index >= 15 is 0 Å². The Hall–Kier alpha value is -1.89. The zero-order valence-corrected chi connectivity index (χ0v) is 19.4. The molecule has 0 amide bonds. The molecular weight excluding hydrogens is 400 g/mol. The van der Waals surface area contributed by atoms with Crippen molar-refractivity contribution in [1.82, 2.24) is 0 Å². The van der Waals surface area contributed by atoms with Gasteiger partial charge in [0, 0.05) is 0 Å². The minimum Gasteiger partial charge on any atom is -0.465 e. The maximum absolute atomic E-state index is 12.1. The lowest BCUT2D eigenvalue weighted by Crippen LogP contribution is -2.20. The average molecular weight is 435 g/mol. The standard InChI is InChI=1S/C24H34O5S/c1-18(2)17-24(19(3)4)21-11-13-22(14-12-21)29-20(5)27-15-16-28-30(25,26)23-9-7-6-8-10-23/h6-14,18-20,24H,15-17H2,1-5H3. The van der Waals surface area contributed by atoms with Crippen LogP contribution in [0.25, 0.3) is 0 Å². The van der Waals surface area contributed by atoms with Crippen LogP contribution >= 0.6 is 0 Å². The molecule has 30 heavy (non-hydrogen) atoms. The fraction of sp³-hybridized carbons (Fsp3) is 0.500. The first-order valence-corrected chi connectivity index (χ1v) is 11.9. The minimum absolute atomic E-state index is 0.0743. The van der Waals surface area contributed by atoms with Crippen LogP contribution in [-0.2, 0) is 19.0 Å². The van der Waals surface area contributed by atoms with Gasteiger partial charge in [0.25, 0.3) is 10.1 Å². The Morgan fingerprint density at radius 2 is 1.47 bits per heavy atom.